The van der Waals surface area contributed by atoms with Gasteiger partial charge in [0.05, 0.1) is 12.1 Å². The van der Waals surface area contributed by atoms with Crippen LogP contribution in [0.2, 0.25) is 0 Å². The first-order chi connectivity index (χ1) is 13.7. The molecule has 0 fully saturated rings. The van der Waals surface area contributed by atoms with Crippen LogP contribution >= 0.6 is 11.3 Å². The fourth-order valence-electron chi connectivity index (χ4n) is 2.27. The number of methoxy groups -OCH3 is 1. The van der Waals surface area contributed by atoms with Gasteiger partial charge in [0.15, 0.2) is 23.2 Å². The number of nitrogens with one attached hydrogen (secondary N) is 2. The maximum atomic E-state index is 12.6. The summed E-state index contributed by atoms with van der Waals surface area (Å²) in [6, 6.07) is 4.59. The van der Waals surface area contributed by atoms with Crippen molar-refractivity contribution in [2.24, 2.45) is 4.99 Å². The van der Waals surface area contributed by atoms with Crippen LogP contribution in [0.25, 0.3) is 0 Å². The number of nitrogens with zero attached hydrogens (tertiary/aromatic N) is 2. The molecule has 0 aliphatic heterocycles. The zero-order valence-electron chi connectivity index (χ0n) is 15.5. The highest BCUT2D eigenvalue weighted by molar-refractivity contribution is 7.09. The minimum absolute atomic E-state index is 0.0889. The maximum Gasteiger partial charge on any atom is 0.434 e. The molecule has 12 heteroatoms. The molecule has 0 aliphatic carbocycles. The van der Waals surface area contributed by atoms with Crippen LogP contribution in [-0.2, 0) is 19.1 Å². The van der Waals surface area contributed by atoms with Crippen molar-refractivity contribution < 1.29 is 31.4 Å². The minimum Gasteiger partial charge on any atom is -0.493 e. The molecule has 0 atom stereocenters. The van der Waals surface area contributed by atoms with Crippen molar-refractivity contribution in [2.45, 2.75) is 25.8 Å². The van der Waals surface area contributed by atoms with Crippen molar-refractivity contribution in [1.29, 1.82) is 0 Å². The van der Waals surface area contributed by atoms with E-state index in [9.17, 15) is 22.0 Å². The van der Waals surface area contributed by atoms with Crippen LogP contribution in [0.15, 0.2) is 28.6 Å². The molecule has 0 aliphatic rings. The van der Waals surface area contributed by atoms with Crippen molar-refractivity contribution in [3.8, 4) is 11.5 Å². The number of alkyl halides is 5. The number of hydrogen-bond acceptors (Lipinski definition) is 5. The molecule has 2 aromatic rings. The summed E-state index contributed by atoms with van der Waals surface area (Å²) in [5.41, 5.74) is -0.263. The van der Waals surface area contributed by atoms with E-state index < -0.39 is 18.5 Å². The Morgan fingerprint density at radius 1 is 1.24 bits per heavy atom. The third-order valence-corrected chi connectivity index (χ3v) is 4.51. The molecule has 0 bridgehead atoms. The summed E-state index contributed by atoms with van der Waals surface area (Å²) in [4.78, 5) is 7.56. The van der Waals surface area contributed by atoms with E-state index in [-0.39, 0.29) is 24.5 Å². The molecule has 0 radical (unpaired) electrons. The van der Waals surface area contributed by atoms with Crippen molar-refractivity contribution in [3.63, 3.8) is 0 Å². The fraction of sp³-hybridized carbons (Fsp3) is 0.412. The van der Waals surface area contributed by atoms with E-state index in [1.165, 1.54) is 26.3 Å². The summed E-state index contributed by atoms with van der Waals surface area (Å²) >= 11 is 0.937. The van der Waals surface area contributed by atoms with Crippen molar-refractivity contribution >= 4 is 17.3 Å². The molecule has 0 saturated heterocycles. The predicted octanol–water partition coefficient (Wildman–Crippen LogP) is 3.68. The lowest BCUT2D eigenvalue weighted by Gasteiger charge is -2.14. The van der Waals surface area contributed by atoms with Gasteiger partial charge in [-0.1, -0.05) is 6.07 Å². The number of benzene rings is 1. The van der Waals surface area contributed by atoms with E-state index in [1.54, 1.807) is 6.07 Å². The van der Waals surface area contributed by atoms with E-state index in [0.29, 0.717) is 23.1 Å². The number of halogens is 5. The van der Waals surface area contributed by atoms with Gasteiger partial charge in [0.2, 0.25) is 0 Å². The van der Waals surface area contributed by atoms with E-state index in [0.717, 1.165) is 16.7 Å². The van der Waals surface area contributed by atoms with Crippen LogP contribution < -0.4 is 20.1 Å². The smallest absolute Gasteiger partial charge is 0.434 e. The van der Waals surface area contributed by atoms with Gasteiger partial charge in [-0.15, -0.1) is 11.3 Å². The average molecular weight is 438 g/mol. The summed E-state index contributed by atoms with van der Waals surface area (Å²) < 4.78 is 72.1. The standard InChI is InChI=1S/C17H19F5N4O2S/c1-23-16(24-6-5-14-26-13(9-29-14)17(20,21)22)25-8-10-3-4-11(27-2)12(7-10)28-15(18)19/h3-4,7,9,15H,5-6,8H2,1-2H3,(H2,23,24,25). The molecule has 29 heavy (non-hydrogen) atoms. The summed E-state index contributed by atoms with van der Waals surface area (Å²) in [6.07, 6.45) is -4.17. The SMILES string of the molecule is CN=C(NCCc1nc(C(F)(F)F)cs1)NCc1ccc(OC)c(OC(F)F)c1. The highest BCUT2D eigenvalue weighted by atomic mass is 32.1. The van der Waals surface area contributed by atoms with Gasteiger partial charge in [0, 0.05) is 31.9 Å². The third-order valence-electron chi connectivity index (χ3n) is 3.60. The van der Waals surface area contributed by atoms with Gasteiger partial charge >= 0.3 is 12.8 Å². The lowest BCUT2D eigenvalue weighted by molar-refractivity contribution is -0.140. The van der Waals surface area contributed by atoms with Crippen LogP contribution in [0, 0.1) is 0 Å². The number of thiazole rings is 1. The largest absolute Gasteiger partial charge is 0.493 e. The zero-order chi connectivity index (χ0) is 21.4. The number of guanidine groups is 1. The van der Waals surface area contributed by atoms with Crippen LogP contribution in [0.5, 0.6) is 11.5 Å². The number of aromatic nitrogens is 1. The van der Waals surface area contributed by atoms with E-state index in [4.69, 9.17) is 4.74 Å². The summed E-state index contributed by atoms with van der Waals surface area (Å²) in [7, 11) is 2.87. The van der Waals surface area contributed by atoms with E-state index >= 15 is 0 Å². The Kier molecular flexibility index (Phi) is 8.00. The number of hydrogen-bond donors (Lipinski definition) is 2. The van der Waals surface area contributed by atoms with Crippen molar-refractivity contribution in [1.82, 2.24) is 15.6 Å². The van der Waals surface area contributed by atoms with Crippen molar-refractivity contribution in [3.05, 3.63) is 39.8 Å². The summed E-state index contributed by atoms with van der Waals surface area (Å²) in [6.45, 7) is -2.42. The van der Waals surface area contributed by atoms with Gasteiger partial charge < -0.3 is 20.1 Å². The number of rotatable bonds is 8. The number of ether oxygens (including phenoxy) is 2. The first kappa shape index (κ1) is 22.7. The molecule has 6 nitrogen and oxygen atoms in total. The minimum atomic E-state index is -4.45. The Balaban J connectivity index is 1.87. The van der Waals surface area contributed by atoms with Gasteiger partial charge in [0.25, 0.3) is 0 Å². The first-order valence-electron chi connectivity index (χ1n) is 8.30. The molecular weight excluding hydrogens is 419 g/mol. The monoisotopic (exact) mass is 438 g/mol. The summed E-state index contributed by atoms with van der Waals surface area (Å²) in [5, 5.41) is 7.26. The van der Waals surface area contributed by atoms with Gasteiger partial charge in [-0.2, -0.15) is 22.0 Å². The Labute approximate surface area is 167 Å². The van der Waals surface area contributed by atoms with E-state index in [1.807, 2.05) is 0 Å². The predicted molar refractivity (Wildman–Crippen MR) is 98.6 cm³/mol. The first-order valence-corrected chi connectivity index (χ1v) is 9.18. The molecule has 0 spiro atoms. The second kappa shape index (κ2) is 10.2. The quantitative estimate of drug-likeness (QED) is 0.374. The van der Waals surface area contributed by atoms with Gasteiger partial charge in [-0.25, -0.2) is 4.98 Å². The highest BCUT2D eigenvalue weighted by Crippen LogP contribution is 2.30. The lowest BCUT2D eigenvalue weighted by atomic mass is 10.2. The maximum absolute atomic E-state index is 12.6. The average Bonchev–Trinajstić information content (AvgIpc) is 3.13. The molecule has 0 unspecified atom stereocenters. The third kappa shape index (κ3) is 7.04. The van der Waals surface area contributed by atoms with E-state index in [2.05, 4.69) is 25.3 Å². The Hall–Kier alpha value is -2.63. The van der Waals surface area contributed by atoms with Gasteiger partial charge in [0.1, 0.15) is 0 Å². The molecule has 160 valence electrons. The Morgan fingerprint density at radius 3 is 2.59 bits per heavy atom. The van der Waals surface area contributed by atoms with Gasteiger partial charge in [-0.05, 0) is 17.7 Å². The molecule has 1 aromatic heterocycles. The van der Waals surface area contributed by atoms with Crippen LogP contribution in [-0.4, -0.2) is 38.3 Å². The van der Waals surface area contributed by atoms with Gasteiger partial charge in [-0.3, -0.25) is 4.99 Å². The van der Waals surface area contributed by atoms with Crippen LogP contribution in [0.4, 0.5) is 22.0 Å². The molecule has 0 amide bonds. The second-order valence-electron chi connectivity index (χ2n) is 5.59. The molecule has 1 aromatic carbocycles. The van der Waals surface area contributed by atoms with Crippen molar-refractivity contribution in [2.75, 3.05) is 20.7 Å². The lowest BCUT2D eigenvalue weighted by Crippen LogP contribution is -2.37. The summed E-state index contributed by atoms with van der Waals surface area (Å²) in [5.74, 6) is 0.483. The molecular formula is C17H19F5N4O2S. The highest BCUT2D eigenvalue weighted by Gasteiger charge is 2.33. The molecule has 1 heterocycles. The van der Waals surface area contributed by atoms with Crippen LogP contribution in [0.3, 0.4) is 0 Å². The zero-order valence-corrected chi connectivity index (χ0v) is 16.3. The number of aliphatic imine (C=N–C) groups is 1. The fourth-order valence-corrected chi connectivity index (χ4v) is 3.07. The Bertz CT molecular complexity index is 826. The molecule has 2 N–H and O–H groups in total. The Morgan fingerprint density at radius 2 is 2.00 bits per heavy atom. The molecule has 0 saturated carbocycles. The molecule has 2 rings (SSSR count). The van der Waals surface area contributed by atoms with Crippen LogP contribution in [0.1, 0.15) is 16.3 Å². The normalized spacial score (nSPS) is 12.2. The topological polar surface area (TPSA) is 67.8 Å². The second-order valence-corrected chi connectivity index (χ2v) is 6.53.